The summed E-state index contributed by atoms with van der Waals surface area (Å²) in [6.45, 7) is 2.90. The van der Waals surface area contributed by atoms with Crippen LogP contribution in [0, 0.1) is 0 Å². The normalized spacial score (nSPS) is 23.1. The fourth-order valence-electron chi connectivity index (χ4n) is 2.57. The lowest BCUT2D eigenvalue weighted by Gasteiger charge is -2.29. The van der Waals surface area contributed by atoms with Gasteiger partial charge in [0.05, 0.1) is 12.7 Å². The smallest absolute Gasteiger partial charge is 0.121 e. The number of benzene rings is 1. The van der Waals surface area contributed by atoms with E-state index in [0.717, 1.165) is 37.3 Å². The molecule has 1 saturated carbocycles. The van der Waals surface area contributed by atoms with Crippen LogP contribution in [0.15, 0.2) is 24.3 Å². The number of nitrogens with one attached hydrogen (secondary N) is 1. The van der Waals surface area contributed by atoms with Crippen molar-refractivity contribution in [1.82, 2.24) is 0 Å². The standard InChI is InChI=1S/C16H25NO2/c1-3-11-19-16-6-4-5-14(12-16)17-13-7-9-15(18-2)10-8-13/h4-6,12-13,15,17H,3,7-11H2,1-2H3. The molecule has 0 heterocycles. The van der Waals surface area contributed by atoms with Crippen molar-refractivity contribution in [2.24, 2.45) is 0 Å². The Balaban J connectivity index is 1.85. The Morgan fingerprint density at radius 3 is 2.68 bits per heavy atom. The van der Waals surface area contributed by atoms with Crippen LogP contribution >= 0.6 is 0 Å². The van der Waals surface area contributed by atoms with Crippen LogP contribution in [0.2, 0.25) is 0 Å². The molecule has 1 fully saturated rings. The Morgan fingerprint density at radius 2 is 2.00 bits per heavy atom. The molecule has 0 spiro atoms. The van der Waals surface area contributed by atoms with E-state index in [2.05, 4.69) is 24.4 Å². The van der Waals surface area contributed by atoms with Crippen LogP contribution < -0.4 is 10.1 Å². The summed E-state index contributed by atoms with van der Waals surface area (Å²) in [6, 6.07) is 8.84. The number of hydrogen-bond acceptors (Lipinski definition) is 3. The lowest BCUT2D eigenvalue weighted by molar-refractivity contribution is 0.0682. The topological polar surface area (TPSA) is 30.5 Å². The minimum atomic E-state index is 0.456. The highest BCUT2D eigenvalue weighted by Gasteiger charge is 2.20. The van der Waals surface area contributed by atoms with E-state index >= 15 is 0 Å². The van der Waals surface area contributed by atoms with Crippen LogP contribution in [-0.2, 0) is 4.74 Å². The Labute approximate surface area is 116 Å². The van der Waals surface area contributed by atoms with E-state index in [4.69, 9.17) is 9.47 Å². The Hall–Kier alpha value is -1.22. The van der Waals surface area contributed by atoms with Crippen LogP contribution in [0.5, 0.6) is 5.75 Å². The van der Waals surface area contributed by atoms with Crippen LogP contribution in [0.25, 0.3) is 0 Å². The molecule has 0 radical (unpaired) electrons. The van der Waals surface area contributed by atoms with E-state index < -0.39 is 0 Å². The molecular formula is C16H25NO2. The maximum Gasteiger partial charge on any atom is 0.121 e. The van der Waals surface area contributed by atoms with Crippen LogP contribution in [0.3, 0.4) is 0 Å². The second-order valence-corrected chi connectivity index (χ2v) is 5.23. The van der Waals surface area contributed by atoms with Gasteiger partial charge in [0.15, 0.2) is 0 Å². The molecule has 1 aliphatic carbocycles. The van der Waals surface area contributed by atoms with Gasteiger partial charge in [-0.25, -0.2) is 0 Å². The first kappa shape index (κ1) is 14.2. The quantitative estimate of drug-likeness (QED) is 0.845. The first-order chi connectivity index (χ1) is 9.31. The summed E-state index contributed by atoms with van der Waals surface area (Å²) in [5.41, 5.74) is 1.16. The van der Waals surface area contributed by atoms with Crippen molar-refractivity contribution in [3.05, 3.63) is 24.3 Å². The number of anilines is 1. The molecule has 0 saturated heterocycles. The molecule has 0 aliphatic heterocycles. The van der Waals surface area contributed by atoms with Gasteiger partial charge in [-0.15, -0.1) is 0 Å². The number of methoxy groups -OCH3 is 1. The average Bonchev–Trinajstić information content (AvgIpc) is 2.46. The van der Waals surface area contributed by atoms with E-state index in [1.807, 2.05) is 19.2 Å². The Kier molecular flexibility index (Phi) is 5.52. The molecule has 3 heteroatoms. The molecule has 1 aromatic rings. The van der Waals surface area contributed by atoms with Crippen molar-refractivity contribution in [2.75, 3.05) is 19.0 Å². The zero-order valence-corrected chi connectivity index (χ0v) is 12.0. The molecule has 1 aliphatic rings. The van der Waals surface area contributed by atoms with Gasteiger partial charge in [0.25, 0.3) is 0 Å². The maximum atomic E-state index is 5.66. The van der Waals surface area contributed by atoms with Gasteiger partial charge in [-0.3, -0.25) is 0 Å². The molecule has 1 aromatic carbocycles. The summed E-state index contributed by atoms with van der Waals surface area (Å²) >= 11 is 0. The van der Waals surface area contributed by atoms with Crippen LogP contribution in [0.4, 0.5) is 5.69 Å². The van der Waals surface area contributed by atoms with Gasteiger partial charge < -0.3 is 14.8 Å². The molecular weight excluding hydrogens is 238 g/mol. The highest BCUT2D eigenvalue weighted by molar-refractivity contribution is 5.48. The van der Waals surface area contributed by atoms with Gasteiger partial charge in [-0.05, 0) is 44.2 Å². The summed E-state index contributed by atoms with van der Waals surface area (Å²) < 4.78 is 11.1. The highest BCUT2D eigenvalue weighted by Crippen LogP contribution is 2.25. The van der Waals surface area contributed by atoms with Crippen molar-refractivity contribution in [3.8, 4) is 5.75 Å². The molecule has 0 bridgehead atoms. The summed E-state index contributed by atoms with van der Waals surface area (Å²) in [5.74, 6) is 0.956. The summed E-state index contributed by atoms with van der Waals surface area (Å²) in [5, 5.41) is 3.61. The molecule has 0 unspecified atom stereocenters. The minimum Gasteiger partial charge on any atom is -0.494 e. The molecule has 2 rings (SSSR count). The Morgan fingerprint density at radius 1 is 1.21 bits per heavy atom. The van der Waals surface area contributed by atoms with Gasteiger partial charge in [-0.2, -0.15) is 0 Å². The summed E-state index contributed by atoms with van der Waals surface area (Å²) in [4.78, 5) is 0. The first-order valence-corrected chi connectivity index (χ1v) is 7.34. The monoisotopic (exact) mass is 263 g/mol. The predicted octanol–water partition coefficient (Wildman–Crippen LogP) is 3.84. The van der Waals surface area contributed by atoms with Gasteiger partial charge in [0.1, 0.15) is 5.75 Å². The first-order valence-electron chi connectivity index (χ1n) is 7.34. The van der Waals surface area contributed by atoms with Crippen LogP contribution in [0.1, 0.15) is 39.0 Å². The van der Waals surface area contributed by atoms with Gasteiger partial charge in [0.2, 0.25) is 0 Å². The lowest BCUT2D eigenvalue weighted by atomic mass is 9.93. The van der Waals surface area contributed by atoms with Crippen molar-refractivity contribution < 1.29 is 9.47 Å². The van der Waals surface area contributed by atoms with Gasteiger partial charge >= 0.3 is 0 Å². The van der Waals surface area contributed by atoms with Crippen LogP contribution in [-0.4, -0.2) is 25.9 Å². The SMILES string of the molecule is CCCOc1cccc(NC2CCC(OC)CC2)c1. The van der Waals surface area contributed by atoms with Crippen molar-refractivity contribution in [1.29, 1.82) is 0 Å². The van der Waals surface area contributed by atoms with Gasteiger partial charge in [-0.1, -0.05) is 13.0 Å². The second kappa shape index (κ2) is 7.39. The fraction of sp³-hybridized carbons (Fsp3) is 0.625. The van der Waals surface area contributed by atoms with Crippen molar-refractivity contribution in [2.45, 2.75) is 51.2 Å². The molecule has 1 N–H and O–H groups in total. The number of hydrogen-bond donors (Lipinski definition) is 1. The zero-order chi connectivity index (χ0) is 13.5. The predicted molar refractivity (Wildman–Crippen MR) is 78.9 cm³/mol. The zero-order valence-electron chi connectivity index (χ0n) is 12.0. The van der Waals surface area contributed by atoms with Gasteiger partial charge in [0, 0.05) is 24.9 Å². The van der Waals surface area contributed by atoms with E-state index in [1.165, 1.54) is 12.8 Å². The molecule has 19 heavy (non-hydrogen) atoms. The lowest BCUT2D eigenvalue weighted by Crippen LogP contribution is -2.29. The molecule has 0 amide bonds. The van der Waals surface area contributed by atoms with Crippen molar-refractivity contribution in [3.63, 3.8) is 0 Å². The Bertz CT molecular complexity index is 373. The molecule has 3 nitrogen and oxygen atoms in total. The molecule has 0 aromatic heterocycles. The van der Waals surface area contributed by atoms with E-state index in [1.54, 1.807) is 0 Å². The largest absolute Gasteiger partial charge is 0.494 e. The maximum absolute atomic E-state index is 5.66. The fourth-order valence-corrected chi connectivity index (χ4v) is 2.57. The second-order valence-electron chi connectivity index (χ2n) is 5.23. The number of rotatable bonds is 6. The summed E-state index contributed by atoms with van der Waals surface area (Å²) in [6.07, 6.45) is 6.16. The highest BCUT2D eigenvalue weighted by atomic mass is 16.5. The molecule has 0 atom stereocenters. The number of ether oxygens (including phenoxy) is 2. The van der Waals surface area contributed by atoms with E-state index in [9.17, 15) is 0 Å². The molecule has 106 valence electrons. The minimum absolute atomic E-state index is 0.456. The van der Waals surface area contributed by atoms with E-state index in [0.29, 0.717) is 12.1 Å². The third-order valence-electron chi connectivity index (χ3n) is 3.69. The third-order valence-corrected chi connectivity index (χ3v) is 3.69. The van der Waals surface area contributed by atoms with E-state index in [-0.39, 0.29) is 0 Å². The average molecular weight is 263 g/mol. The third kappa shape index (κ3) is 4.43. The van der Waals surface area contributed by atoms with Crippen molar-refractivity contribution >= 4 is 5.69 Å². The summed E-state index contributed by atoms with van der Waals surface area (Å²) in [7, 11) is 1.81.